The van der Waals surface area contributed by atoms with Crippen LogP contribution in [0.3, 0.4) is 0 Å². The number of nitrogens with one attached hydrogen (secondary N) is 2. The standard InChI is InChI=1S/C27H37BN4O7/c1-16(2)21(31-24(34)35)23(33)32-15-27(36-11-12-37-27)13-20(32)22-29-14-19(30-22)17-7-9-18(10-8-17)28-38-25(3,4)26(5,6)39-28/h7-10,14,16,20-21,31H,11-13,15H2,1-6H3,(H,29,30)(H,34,35). The van der Waals surface area contributed by atoms with Crippen LogP contribution in [0.25, 0.3) is 11.3 Å². The number of carbonyl (C=O) groups is 2. The molecule has 3 aliphatic heterocycles. The summed E-state index contributed by atoms with van der Waals surface area (Å²) in [6.45, 7) is 12.8. The lowest BCUT2D eigenvalue weighted by molar-refractivity contribution is -0.153. The molecule has 2 atom stereocenters. The number of amides is 2. The fraction of sp³-hybridized carbons (Fsp3) is 0.593. The Balaban J connectivity index is 1.37. The first kappa shape index (κ1) is 27.6. The molecule has 0 saturated carbocycles. The lowest BCUT2D eigenvalue weighted by Gasteiger charge is -2.32. The Morgan fingerprint density at radius 1 is 1.10 bits per heavy atom. The molecule has 1 spiro atoms. The second-order valence-electron chi connectivity index (χ2n) is 11.9. The number of H-pyrrole nitrogens is 1. The van der Waals surface area contributed by atoms with E-state index in [9.17, 15) is 14.7 Å². The minimum atomic E-state index is -1.25. The number of likely N-dealkylation sites (tertiary alicyclic amines) is 1. The maximum absolute atomic E-state index is 13.6. The molecule has 0 bridgehead atoms. The van der Waals surface area contributed by atoms with Crippen LogP contribution in [0.5, 0.6) is 0 Å². The van der Waals surface area contributed by atoms with Crippen LogP contribution in [-0.4, -0.2) is 81.9 Å². The van der Waals surface area contributed by atoms with Crippen molar-refractivity contribution in [2.75, 3.05) is 19.8 Å². The van der Waals surface area contributed by atoms with Gasteiger partial charge in [0.1, 0.15) is 11.9 Å². The van der Waals surface area contributed by atoms with Gasteiger partial charge in [-0.15, -0.1) is 0 Å². The largest absolute Gasteiger partial charge is 0.494 e. The van der Waals surface area contributed by atoms with Gasteiger partial charge in [-0.2, -0.15) is 0 Å². The van der Waals surface area contributed by atoms with Crippen LogP contribution in [0.15, 0.2) is 30.5 Å². The summed E-state index contributed by atoms with van der Waals surface area (Å²) in [5.74, 6) is -0.922. The number of carboxylic acid groups (broad SMARTS) is 1. The summed E-state index contributed by atoms with van der Waals surface area (Å²) in [6.07, 6.45) is 0.883. The first-order chi connectivity index (χ1) is 18.3. The van der Waals surface area contributed by atoms with E-state index in [1.807, 2.05) is 52.0 Å². The summed E-state index contributed by atoms with van der Waals surface area (Å²) in [6, 6.07) is 6.53. The minimum Gasteiger partial charge on any atom is -0.465 e. The van der Waals surface area contributed by atoms with Gasteiger partial charge in [0.2, 0.25) is 5.91 Å². The monoisotopic (exact) mass is 540 g/mol. The fourth-order valence-corrected chi connectivity index (χ4v) is 5.30. The van der Waals surface area contributed by atoms with Crippen LogP contribution >= 0.6 is 0 Å². The average molecular weight is 540 g/mol. The van der Waals surface area contributed by atoms with Crippen molar-refractivity contribution in [2.24, 2.45) is 5.92 Å². The molecule has 11 nitrogen and oxygen atoms in total. The minimum absolute atomic E-state index is 0.194. The smallest absolute Gasteiger partial charge is 0.465 e. The van der Waals surface area contributed by atoms with Crippen molar-refractivity contribution in [2.45, 2.75) is 77.0 Å². The second kappa shape index (κ2) is 9.92. The van der Waals surface area contributed by atoms with Crippen LogP contribution < -0.4 is 10.8 Å². The first-order valence-corrected chi connectivity index (χ1v) is 13.4. The van der Waals surface area contributed by atoms with E-state index in [0.717, 1.165) is 16.7 Å². The Morgan fingerprint density at radius 2 is 1.72 bits per heavy atom. The Labute approximate surface area is 228 Å². The molecule has 1 aromatic carbocycles. The van der Waals surface area contributed by atoms with Crippen molar-refractivity contribution < 1.29 is 33.5 Å². The maximum Gasteiger partial charge on any atom is 0.494 e. The molecule has 0 aliphatic carbocycles. The summed E-state index contributed by atoms with van der Waals surface area (Å²) >= 11 is 0. The normalized spacial score (nSPS) is 24.0. The molecule has 39 heavy (non-hydrogen) atoms. The van der Waals surface area contributed by atoms with E-state index in [1.54, 1.807) is 24.9 Å². The lowest BCUT2D eigenvalue weighted by atomic mass is 9.79. The predicted molar refractivity (Wildman–Crippen MR) is 143 cm³/mol. The van der Waals surface area contributed by atoms with E-state index in [0.29, 0.717) is 25.5 Å². The number of hydrogen-bond donors (Lipinski definition) is 3. The summed E-state index contributed by atoms with van der Waals surface area (Å²) in [4.78, 5) is 34.6. The molecule has 3 fully saturated rings. The molecule has 3 N–H and O–H groups in total. The van der Waals surface area contributed by atoms with E-state index >= 15 is 0 Å². The third-order valence-electron chi connectivity index (χ3n) is 8.26. The molecule has 4 heterocycles. The van der Waals surface area contributed by atoms with Gasteiger partial charge in [-0.05, 0) is 44.6 Å². The number of aromatic nitrogens is 2. The third kappa shape index (κ3) is 5.18. The average Bonchev–Trinajstić information content (AvgIpc) is 3.64. The summed E-state index contributed by atoms with van der Waals surface area (Å²) in [5.41, 5.74) is 1.79. The zero-order chi connectivity index (χ0) is 28.2. The molecule has 5 rings (SSSR count). The fourth-order valence-electron chi connectivity index (χ4n) is 5.30. The molecule has 12 heteroatoms. The number of hydrogen-bond acceptors (Lipinski definition) is 7. The second-order valence-corrected chi connectivity index (χ2v) is 11.9. The van der Waals surface area contributed by atoms with Crippen LogP contribution in [0, 0.1) is 5.92 Å². The maximum atomic E-state index is 13.6. The molecule has 3 saturated heterocycles. The summed E-state index contributed by atoms with van der Waals surface area (Å²) in [7, 11) is -0.449. The quantitative estimate of drug-likeness (QED) is 0.476. The molecule has 3 aliphatic rings. The highest BCUT2D eigenvalue weighted by Gasteiger charge is 2.53. The predicted octanol–water partition coefficient (Wildman–Crippen LogP) is 2.68. The number of carbonyl (C=O) groups excluding carboxylic acids is 1. The molecule has 1 aromatic heterocycles. The van der Waals surface area contributed by atoms with Gasteiger partial charge in [0, 0.05) is 6.42 Å². The van der Waals surface area contributed by atoms with Gasteiger partial charge in [0.15, 0.2) is 5.79 Å². The molecule has 2 amide bonds. The van der Waals surface area contributed by atoms with Gasteiger partial charge in [-0.25, -0.2) is 9.78 Å². The number of nitrogens with zero attached hydrogens (tertiary/aromatic N) is 2. The Bertz CT molecular complexity index is 1210. The van der Waals surface area contributed by atoms with Gasteiger partial charge in [0.05, 0.1) is 48.9 Å². The molecular formula is C27H37BN4O7. The zero-order valence-corrected chi connectivity index (χ0v) is 23.3. The van der Waals surface area contributed by atoms with Gasteiger partial charge in [-0.3, -0.25) is 4.79 Å². The molecule has 2 aromatic rings. The van der Waals surface area contributed by atoms with Crippen molar-refractivity contribution in [1.29, 1.82) is 0 Å². The SMILES string of the molecule is CC(C)C(NC(=O)O)C(=O)N1CC2(CC1c1ncc(-c3ccc(B4OC(C)(C)C(C)(C)O4)cc3)[nH]1)OCCO2. The molecular weight excluding hydrogens is 503 g/mol. The van der Waals surface area contributed by atoms with Gasteiger partial charge in [0.25, 0.3) is 0 Å². The molecule has 0 radical (unpaired) electrons. The highest BCUT2D eigenvalue weighted by atomic mass is 16.7. The van der Waals surface area contributed by atoms with E-state index in [4.69, 9.17) is 18.8 Å². The topological polar surface area (TPSA) is 135 Å². The number of imidazole rings is 1. The van der Waals surface area contributed by atoms with Crippen molar-refractivity contribution in [3.05, 3.63) is 36.3 Å². The van der Waals surface area contributed by atoms with Crippen LogP contribution in [0.4, 0.5) is 4.79 Å². The number of rotatable bonds is 6. The third-order valence-corrected chi connectivity index (χ3v) is 8.26. The molecule has 2 unspecified atom stereocenters. The highest BCUT2D eigenvalue weighted by Crippen LogP contribution is 2.42. The first-order valence-electron chi connectivity index (χ1n) is 13.4. The Hall–Kier alpha value is -2.93. The van der Waals surface area contributed by atoms with E-state index in [2.05, 4.69) is 15.3 Å². The highest BCUT2D eigenvalue weighted by molar-refractivity contribution is 6.62. The number of ether oxygens (including phenoxy) is 2. The van der Waals surface area contributed by atoms with Crippen LogP contribution in [0.2, 0.25) is 0 Å². The van der Waals surface area contributed by atoms with Gasteiger partial charge in [-0.1, -0.05) is 38.1 Å². The van der Waals surface area contributed by atoms with Crippen molar-refractivity contribution >= 4 is 24.6 Å². The summed E-state index contributed by atoms with van der Waals surface area (Å²) in [5, 5.41) is 11.7. The van der Waals surface area contributed by atoms with Crippen molar-refractivity contribution in [1.82, 2.24) is 20.2 Å². The van der Waals surface area contributed by atoms with E-state index in [1.165, 1.54) is 0 Å². The van der Waals surface area contributed by atoms with Crippen molar-refractivity contribution in [3.63, 3.8) is 0 Å². The van der Waals surface area contributed by atoms with Gasteiger partial charge >= 0.3 is 13.2 Å². The molecule has 210 valence electrons. The van der Waals surface area contributed by atoms with E-state index < -0.39 is 42.3 Å². The van der Waals surface area contributed by atoms with Crippen LogP contribution in [0.1, 0.15) is 59.8 Å². The zero-order valence-electron chi connectivity index (χ0n) is 23.3. The lowest BCUT2D eigenvalue weighted by Crippen LogP contribution is -2.51. The van der Waals surface area contributed by atoms with Crippen molar-refractivity contribution in [3.8, 4) is 11.3 Å². The number of aromatic amines is 1. The Morgan fingerprint density at radius 3 is 2.28 bits per heavy atom. The number of benzene rings is 1. The van der Waals surface area contributed by atoms with Crippen LogP contribution in [-0.2, 0) is 23.6 Å². The summed E-state index contributed by atoms with van der Waals surface area (Å²) < 4.78 is 24.2. The van der Waals surface area contributed by atoms with Gasteiger partial charge < -0.3 is 39.1 Å². The van der Waals surface area contributed by atoms with E-state index in [-0.39, 0.29) is 18.4 Å². The Kier molecular flexibility index (Phi) is 7.03.